The largest absolute Gasteiger partial charge is 0.424 e. The molecule has 0 rings (SSSR count). The second kappa shape index (κ2) is 7.25. The van der Waals surface area contributed by atoms with E-state index in [1.165, 1.54) is 6.04 Å². The minimum Gasteiger partial charge on any atom is -0.424 e. The molecule has 0 aromatic rings. The van der Waals surface area contributed by atoms with Gasteiger partial charge in [0.2, 0.25) is 0 Å². The molecule has 0 bridgehead atoms. The molecule has 0 atom stereocenters. The maximum Gasteiger partial charge on any atom is 0.161 e. The summed E-state index contributed by atoms with van der Waals surface area (Å²) in [7, 11) is -0.222. The average Bonchev–Trinajstić information content (AvgIpc) is 1.87. The van der Waals surface area contributed by atoms with Crippen LogP contribution in [0.15, 0.2) is 0 Å². The van der Waals surface area contributed by atoms with Crippen LogP contribution in [0.1, 0.15) is 20.3 Å². The Balaban J connectivity index is 2.77. The zero-order valence-corrected chi connectivity index (χ0v) is 8.51. The second-order valence-electron chi connectivity index (χ2n) is 2.96. The molecule has 0 spiro atoms. The van der Waals surface area contributed by atoms with Crippen LogP contribution in [0.3, 0.4) is 0 Å². The highest BCUT2D eigenvalue weighted by atomic mass is 28.2. The van der Waals surface area contributed by atoms with E-state index in [4.69, 9.17) is 10.2 Å². The standard InChI is InChI=1S/C7H19NOSi/c1-7(2)6-9-10-5-3-4-8/h7H,3-6,8,10H2,1-2H3. The van der Waals surface area contributed by atoms with Crippen molar-refractivity contribution in [3.05, 3.63) is 0 Å². The Morgan fingerprint density at radius 3 is 2.70 bits per heavy atom. The first-order chi connectivity index (χ1) is 4.77. The Kier molecular flexibility index (Phi) is 7.35. The Labute approximate surface area is 66.1 Å². The van der Waals surface area contributed by atoms with Crippen LogP contribution in [-0.2, 0) is 4.43 Å². The van der Waals surface area contributed by atoms with Gasteiger partial charge in [-0.15, -0.1) is 0 Å². The Bertz CT molecular complexity index is 68.6. The summed E-state index contributed by atoms with van der Waals surface area (Å²) in [6.45, 7) is 6.11. The van der Waals surface area contributed by atoms with E-state index in [2.05, 4.69) is 13.8 Å². The van der Waals surface area contributed by atoms with Gasteiger partial charge < -0.3 is 10.2 Å². The average molecular weight is 161 g/mol. The lowest BCUT2D eigenvalue weighted by molar-refractivity contribution is 0.284. The molecule has 0 aromatic heterocycles. The molecule has 0 aliphatic carbocycles. The van der Waals surface area contributed by atoms with Crippen molar-refractivity contribution in [3.8, 4) is 0 Å². The van der Waals surface area contributed by atoms with Crippen molar-refractivity contribution in [1.82, 2.24) is 0 Å². The van der Waals surface area contributed by atoms with Crippen LogP contribution < -0.4 is 5.73 Å². The first-order valence-electron chi connectivity index (χ1n) is 4.05. The minimum absolute atomic E-state index is 0.222. The van der Waals surface area contributed by atoms with E-state index in [1.807, 2.05) is 0 Å². The van der Waals surface area contributed by atoms with Gasteiger partial charge in [-0.05, 0) is 24.9 Å². The van der Waals surface area contributed by atoms with E-state index in [1.54, 1.807) is 0 Å². The van der Waals surface area contributed by atoms with E-state index >= 15 is 0 Å². The van der Waals surface area contributed by atoms with Gasteiger partial charge in [0, 0.05) is 6.61 Å². The molecule has 0 fully saturated rings. The van der Waals surface area contributed by atoms with Crippen molar-refractivity contribution in [3.63, 3.8) is 0 Å². The SMILES string of the molecule is CC(C)CO[SiH2]CCCN. The van der Waals surface area contributed by atoms with Crippen molar-refractivity contribution >= 4 is 9.76 Å². The summed E-state index contributed by atoms with van der Waals surface area (Å²) >= 11 is 0. The van der Waals surface area contributed by atoms with Gasteiger partial charge in [-0.1, -0.05) is 13.8 Å². The number of nitrogens with two attached hydrogens (primary N) is 1. The van der Waals surface area contributed by atoms with Crippen LogP contribution >= 0.6 is 0 Å². The smallest absolute Gasteiger partial charge is 0.161 e. The summed E-state index contributed by atoms with van der Waals surface area (Å²) in [5, 5.41) is 0. The van der Waals surface area contributed by atoms with Crippen molar-refractivity contribution in [1.29, 1.82) is 0 Å². The van der Waals surface area contributed by atoms with Crippen LogP contribution in [0.25, 0.3) is 0 Å². The molecule has 0 unspecified atom stereocenters. The van der Waals surface area contributed by atoms with Crippen molar-refractivity contribution < 1.29 is 4.43 Å². The summed E-state index contributed by atoms with van der Waals surface area (Å²) in [5.74, 6) is 0.686. The lowest BCUT2D eigenvalue weighted by Gasteiger charge is -2.05. The maximum absolute atomic E-state index is 5.48. The molecule has 0 heterocycles. The van der Waals surface area contributed by atoms with Gasteiger partial charge in [0.05, 0.1) is 0 Å². The fourth-order valence-electron chi connectivity index (χ4n) is 0.667. The van der Waals surface area contributed by atoms with E-state index in [0.29, 0.717) is 5.92 Å². The summed E-state index contributed by atoms with van der Waals surface area (Å²) < 4.78 is 5.48. The Morgan fingerprint density at radius 2 is 2.20 bits per heavy atom. The van der Waals surface area contributed by atoms with Crippen LogP contribution in [0, 0.1) is 5.92 Å². The monoisotopic (exact) mass is 161 g/mol. The van der Waals surface area contributed by atoms with Gasteiger partial charge in [-0.25, -0.2) is 0 Å². The third-order valence-electron chi connectivity index (χ3n) is 1.19. The zero-order chi connectivity index (χ0) is 7.82. The molecule has 0 saturated carbocycles. The Morgan fingerprint density at radius 1 is 1.50 bits per heavy atom. The number of hydrogen-bond donors (Lipinski definition) is 1. The van der Waals surface area contributed by atoms with E-state index < -0.39 is 0 Å². The predicted molar refractivity (Wildman–Crippen MR) is 47.8 cm³/mol. The quantitative estimate of drug-likeness (QED) is 0.455. The van der Waals surface area contributed by atoms with Gasteiger partial charge in [-0.3, -0.25) is 0 Å². The van der Waals surface area contributed by atoms with Crippen LogP contribution in [0.2, 0.25) is 6.04 Å². The molecular weight excluding hydrogens is 142 g/mol. The highest BCUT2D eigenvalue weighted by Gasteiger charge is 1.92. The van der Waals surface area contributed by atoms with Gasteiger partial charge >= 0.3 is 0 Å². The number of rotatable bonds is 6. The van der Waals surface area contributed by atoms with Gasteiger partial charge in [0.25, 0.3) is 0 Å². The third kappa shape index (κ3) is 8.14. The molecule has 3 heteroatoms. The molecule has 2 N–H and O–H groups in total. The fourth-order valence-corrected chi connectivity index (χ4v) is 2.00. The van der Waals surface area contributed by atoms with Gasteiger partial charge in [0.15, 0.2) is 9.76 Å². The molecule has 62 valence electrons. The third-order valence-corrected chi connectivity index (χ3v) is 2.51. The fraction of sp³-hybridized carbons (Fsp3) is 1.00. The Hall–Kier alpha value is 0.137. The highest BCUT2D eigenvalue weighted by Crippen LogP contribution is 1.93. The number of hydrogen-bond acceptors (Lipinski definition) is 2. The van der Waals surface area contributed by atoms with E-state index in [-0.39, 0.29) is 9.76 Å². The first kappa shape index (κ1) is 10.1. The predicted octanol–water partition coefficient (Wildman–Crippen LogP) is 0.510. The lowest BCUT2D eigenvalue weighted by atomic mass is 10.2. The molecule has 0 aliphatic rings. The summed E-state index contributed by atoms with van der Waals surface area (Å²) in [6.07, 6.45) is 1.14. The highest BCUT2D eigenvalue weighted by molar-refractivity contribution is 6.26. The second-order valence-corrected chi connectivity index (χ2v) is 4.49. The van der Waals surface area contributed by atoms with E-state index in [0.717, 1.165) is 19.6 Å². The van der Waals surface area contributed by atoms with Crippen molar-refractivity contribution in [2.24, 2.45) is 11.7 Å². The van der Waals surface area contributed by atoms with Crippen LogP contribution in [0.4, 0.5) is 0 Å². The van der Waals surface area contributed by atoms with Crippen molar-refractivity contribution in [2.45, 2.75) is 26.3 Å². The van der Waals surface area contributed by atoms with Gasteiger partial charge in [0.1, 0.15) is 0 Å². The summed E-state index contributed by atoms with van der Waals surface area (Å²) in [6, 6.07) is 1.24. The maximum atomic E-state index is 5.48. The van der Waals surface area contributed by atoms with Crippen LogP contribution in [0.5, 0.6) is 0 Å². The first-order valence-corrected chi connectivity index (χ1v) is 5.63. The molecule has 0 amide bonds. The molecule has 0 radical (unpaired) electrons. The zero-order valence-electron chi connectivity index (χ0n) is 7.10. The summed E-state index contributed by atoms with van der Waals surface area (Å²) in [4.78, 5) is 0. The minimum atomic E-state index is -0.222. The van der Waals surface area contributed by atoms with Gasteiger partial charge in [-0.2, -0.15) is 0 Å². The molecule has 2 nitrogen and oxygen atoms in total. The summed E-state index contributed by atoms with van der Waals surface area (Å²) in [5.41, 5.74) is 5.34. The molecule has 0 saturated heterocycles. The molecular formula is C7H19NOSi. The molecule has 0 aromatic carbocycles. The topological polar surface area (TPSA) is 35.2 Å². The molecule has 0 aliphatic heterocycles. The normalized spacial score (nSPS) is 12.0. The van der Waals surface area contributed by atoms with Crippen molar-refractivity contribution in [2.75, 3.05) is 13.2 Å². The van der Waals surface area contributed by atoms with Crippen LogP contribution in [-0.4, -0.2) is 22.9 Å². The lowest BCUT2D eigenvalue weighted by Crippen LogP contribution is -2.07. The molecule has 10 heavy (non-hydrogen) atoms. The van der Waals surface area contributed by atoms with E-state index in [9.17, 15) is 0 Å².